The maximum atomic E-state index is 12.4. The summed E-state index contributed by atoms with van der Waals surface area (Å²) in [6.07, 6.45) is 7.54. The number of amides is 1. The minimum Gasteiger partial charge on any atom is -0.482 e. The molecule has 3 nitrogen and oxygen atoms in total. The topological polar surface area (TPSA) is 38.3 Å². The first kappa shape index (κ1) is 15.6. The van der Waals surface area contributed by atoms with Gasteiger partial charge in [-0.25, -0.2) is 0 Å². The van der Waals surface area contributed by atoms with Crippen LogP contribution in [-0.4, -0.2) is 18.1 Å². The molecule has 0 unspecified atom stereocenters. The van der Waals surface area contributed by atoms with Gasteiger partial charge in [-0.2, -0.15) is 0 Å². The van der Waals surface area contributed by atoms with Crippen LogP contribution in [0, 0.1) is 17.8 Å². The molecular formula is C18H21Cl2NO2. The minimum atomic E-state index is -0.0435. The Morgan fingerprint density at radius 3 is 2.30 bits per heavy atom. The molecule has 4 aliphatic carbocycles. The molecule has 0 aliphatic heterocycles. The second-order valence-electron chi connectivity index (χ2n) is 7.61. The first-order chi connectivity index (χ1) is 11.0. The predicted octanol–water partition coefficient (Wildman–Crippen LogP) is 4.46. The second kappa shape index (κ2) is 5.86. The smallest absolute Gasteiger partial charge is 0.258 e. The number of hydrogen-bond donors (Lipinski definition) is 1. The molecule has 0 aromatic heterocycles. The van der Waals surface area contributed by atoms with Crippen molar-refractivity contribution in [1.29, 1.82) is 0 Å². The fraction of sp³-hybridized carbons (Fsp3) is 0.611. The van der Waals surface area contributed by atoms with E-state index in [0.717, 1.165) is 37.0 Å². The zero-order valence-electron chi connectivity index (χ0n) is 13.0. The lowest BCUT2D eigenvalue weighted by atomic mass is 9.53. The van der Waals surface area contributed by atoms with Crippen molar-refractivity contribution in [2.75, 3.05) is 6.61 Å². The van der Waals surface area contributed by atoms with Crippen molar-refractivity contribution in [2.24, 2.45) is 17.8 Å². The van der Waals surface area contributed by atoms with E-state index in [9.17, 15) is 4.79 Å². The Morgan fingerprint density at radius 1 is 1.13 bits per heavy atom. The number of hydrogen-bond acceptors (Lipinski definition) is 2. The molecule has 5 rings (SSSR count). The molecule has 0 atom stereocenters. The number of carbonyl (C=O) groups is 1. The summed E-state index contributed by atoms with van der Waals surface area (Å²) < 4.78 is 5.56. The highest BCUT2D eigenvalue weighted by Crippen LogP contribution is 2.55. The van der Waals surface area contributed by atoms with E-state index < -0.39 is 0 Å². The summed E-state index contributed by atoms with van der Waals surface area (Å²) in [6, 6.07) is 5.03. The van der Waals surface area contributed by atoms with Gasteiger partial charge < -0.3 is 10.1 Å². The van der Waals surface area contributed by atoms with Crippen molar-refractivity contribution in [3.8, 4) is 5.75 Å². The summed E-state index contributed by atoms with van der Waals surface area (Å²) in [4.78, 5) is 12.4. The van der Waals surface area contributed by atoms with Crippen LogP contribution < -0.4 is 10.1 Å². The third-order valence-corrected chi connectivity index (χ3v) is 6.23. The van der Waals surface area contributed by atoms with Crippen molar-refractivity contribution in [3.05, 3.63) is 28.2 Å². The highest BCUT2D eigenvalue weighted by Gasteiger charge is 2.51. The molecule has 4 saturated carbocycles. The van der Waals surface area contributed by atoms with Gasteiger partial charge >= 0.3 is 0 Å². The molecule has 1 aromatic rings. The Balaban J connectivity index is 1.37. The first-order valence-electron chi connectivity index (χ1n) is 8.40. The molecule has 0 spiro atoms. The Kier molecular flexibility index (Phi) is 3.97. The van der Waals surface area contributed by atoms with Crippen LogP contribution in [0.4, 0.5) is 0 Å². The summed E-state index contributed by atoms with van der Waals surface area (Å²) in [5.74, 6) is 2.89. The average molecular weight is 354 g/mol. The zero-order valence-corrected chi connectivity index (χ0v) is 14.5. The third kappa shape index (κ3) is 3.18. The lowest BCUT2D eigenvalue weighted by Gasteiger charge is -2.56. The summed E-state index contributed by atoms with van der Waals surface area (Å²) in [6.45, 7) is 0.00308. The Labute approximate surface area is 146 Å². The van der Waals surface area contributed by atoms with Crippen LogP contribution in [0.15, 0.2) is 18.2 Å². The highest BCUT2D eigenvalue weighted by atomic mass is 35.5. The summed E-state index contributed by atoms with van der Waals surface area (Å²) in [5.41, 5.74) is 0.0268. The van der Waals surface area contributed by atoms with Crippen LogP contribution in [0.3, 0.4) is 0 Å². The summed E-state index contributed by atoms with van der Waals surface area (Å²) >= 11 is 11.9. The lowest BCUT2D eigenvalue weighted by Crippen LogP contribution is -2.60. The molecule has 0 saturated heterocycles. The van der Waals surface area contributed by atoms with E-state index in [-0.39, 0.29) is 18.1 Å². The molecule has 4 bridgehead atoms. The predicted molar refractivity (Wildman–Crippen MR) is 91.0 cm³/mol. The molecule has 0 heterocycles. The number of nitrogens with one attached hydrogen (secondary N) is 1. The molecular weight excluding hydrogens is 333 g/mol. The quantitative estimate of drug-likeness (QED) is 0.867. The van der Waals surface area contributed by atoms with Gasteiger partial charge in [0.2, 0.25) is 0 Å². The van der Waals surface area contributed by atoms with Crippen LogP contribution in [0.25, 0.3) is 0 Å². The Hall–Kier alpha value is -0.930. The number of ether oxygens (including phenoxy) is 1. The third-order valence-electron chi connectivity index (χ3n) is 5.70. The molecule has 23 heavy (non-hydrogen) atoms. The van der Waals surface area contributed by atoms with E-state index in [4.69, 9.17) is 27.9 Å². The van der Waals surface area contributed by atoms with Crippen LogP contribution in [0.5, 0.6) is 5.75 Å². The molecule has 1 aromatic carbocycles. The molecule has 4 aliphatic rings. The standard InChI is InChI=1S/C18H21Cl2NO2/c19-14-1-2-16(15(20)6-14)23-10-17(22)21-18-7-11-3-12(8-18)5-13(4-11)9-18/h1-2,6,11-13H,3-5,7-10H2,(H,21,22). The number of carbonyl (C=O) groups excluding carboxylic acids is 1. The van der Waals surface area contributed by atoms with E-state index in [1.54, 1.807) is 18.2 Å². The molecule has 0 radical (unpaired) electrons. The maximum Gasteiger partial charge on any atom is 0.258 e. The van der Waals surface area contributed by atoms with E-state index in [2.05, 4.69) is 5.32 Å². The number of benzene rings is 1. The Bertz CT molecular complexity index is 596. The largest absolute Gasteiger partial charge is 0.482 e. The van der Waals surface area contributed by atoms with Crippen molar-refractivity contribution in [2.45, 2.75) is 44.1 Å². The molecule has 124 valence electrons. The average Bonchev–Trinajstić information content (AvgIpc) is 2.44. The summed E-state index contributed by atoms with van der Waals surface area (Å²) in [7, 11) is 0. The van der Waals surface area contributed by atoms with Gasteiger partial charge in [-0.15, -0.1) is 0 Å². The van der Waals surface area contributed by atoms with Crippen LogP contribution >= 0.6 is 23.2 Å². The van der Waals surface area contributed by atoms with E-state index in [1.807, 2.05) is 0 Å². The van der Waals surface area contributed by atoms with E-state index >= 15 is 0 Å². The lowest BCUT2D eigenvalue weighted by molar-refractivity contribution is -0.128. The normalized spacial score (nSPS) is 34.4. The maximum absolute atomic E-state index is 12.4. The van der Waals surface area contributed by atoms with E-state index in [1.165, 1.54) is 19.3 Å². The van der Waals surface area contributed by atoms with Crippen molar-refractivity contribution < 1.29 is 9.53 Å². The van der Waals surface area contributed by atoms with Gasteiger partial charge in [-0.05, 0) is 74.5 Å². The van der Waals surface area contributed by atoms with Gasteiger partial charge in [0.05, 0.1) is 5.02 Å². The fourth-order valence-corrected chi connectivity index (χ4v) is 5.79. The monoisotopic (exact) mass is 353 g/mol. The number of rotatable bonds is 4. The molecule has 1 amide bonds. The number of halogens is 2. The van der Waals surface area contributed by atoms with Gasteiger partial charge in [-0.1, -0.05) is 23.2 Å². The van der Waals surface area contributed by atoms with E-state index in [0.29, 0.717) is 15.8 Å². The van der Waals surface area contributed by atoms with Crippen LogP contribution in [-0.2, 0) is 4.79 Å². The van der Waals surface area contributed by atoms with Gasteiger partial charge in [-0.3, -0.25) is 4.79 Å². The first-order valence-corrected chi connectivity index (χ1v) is 9.16. The Morgan fingerprint density at radius 2 is 1.74 bits per heavy atom. The van der Waals surface area contributed by atoms with Gasteiger partial charge in [0.15, 0.2) is 6.61 Å². The second-order valence-corrected chi connectivity index (χ2v) is 8.45. The van der Waals surface area contributed by atoms with Crippen molar-refractivity contribution >= 4 is 29.1 Å². The van der Waals surface area contributed by atoms with Gasteiger partial charge in [0, 0.05) is 10.6 Å². The van der Waals surface area contributed by atoms with Crippen LogP contribution in [0.2, 0.25) is 10.0 Å². The summed E-state index contributed by atoms with van der Waals surface area (Å²) in [5, 5.41) is 4.28. The van der Waals surface area contributed by atoms with Gasteiger partial charge in [0.25, 0.3) is 5.91 Å². The van der Waals surface area contributed by atoms with Crippen molar-refractivity contribution in [3.63, 3.8) is 0 Å². The minimum absolute atomic E-state index is 0.00308. The zero-order chi connectivity index (χ0) is 16.0. The highest BCUT2D eigenvalue weighted by molar-refractivity contribution is 6.35. The van der Waals surface area contributed by atoms with Gasteiger partial charge in [0.1, 0.15) is 5.75 Å². The SMILES string of the molecule is O=C(COc1ccc(Cl)cc1Cl)NC12CC3CC(CC(C3)C1)C2. The van der Waals surface area contributed by atoms with Crippen molar-refractivity contribution in [1.82, 2.24) is 5.32 Å². The van der Waals surface area contributed by atoms with Crippen LogP contribution in [0.1, 0.15) is 38.5 Å². The molecule has 5 heteroatoms. The molecule has 1 N–H and O–H groups in total. The fourth-order valence-electron chi connectivity index (χ4n) is 5.33. The molecule has 4 fully saturated rings.